The highest BCUT2D eigenvalue weighted by Crippen LogP contribution is 2.46. The normalized spacial score (nSPS) is 15.3. The zero-order valence-corrected chi connectivity index (χ0v) is 44.9. The number of hydrogen-bond donors (Lipinski definition) is 5. The average molecular weight is 1050 g/mol. The Balaban J connectivity index is 0.000000287. The number of aromatic hydroxyl groups is 2. The van der Waals surface area contributed by atoms with Crippen LogP contribution in [-0.2, 0) is 59.0 Å². The number of nitrogens with two attached hydrogens (primary N) is 1. The first-order valence-corrected chi connectivity index (χ1v) is 27.0. The summed E-state index contributed by atoms with van der Waals surface area (Å²) in [6.07, 6.45) is 5.24. The number of para-hydroxylation sites is 2. The molecule has 0 spiro atoms. The molecule has 6 N–H and O–H groups in total. The zero-order chi connectivity index (χ0) is 54.2. The van der Waals surface area contributed by atoms with Crippen LogP contribution in [0.15, 0.2) is 84.0 Å². The number of nitrogens with one attached hydrogen (secondary N) is 1. The molecule has 0 saturated carbocycles. The lowest BCUT2D eigenvalue weighted by Gasteiger charge is -2.23. The number of phenols is 2. The van der Waals surface area contributed by atoms with Gasteiger partial charge >= 0.3 is 27.1 Å². The summed E-state index contributed by atoms with van der Waals surface area (Å²) in [5.74, 6) is 0.315. The number of Topliss-reactive ketones (excluding diaryl/α,β-unsaturated/α-hetero) is 2. The molecule has 2 aliphatic heterocycles. The number of carbonyl (C=O) groups is 4. The van der Waals surface area contributed by atoms with E-state index >= 15 is 0 Å². The predicted octanol–water partition coefficient (Wildman–Crippen LogP) is 9.52. The summed E-state index contributed by atoms with van der Waals surface area (Å²) in [6, 6.07) is 16.3. The van der Waals surface area contributed by atoms with Crippen molar-refractivity contribution in [1.29, 1.82) is 0 Å². The molecule has 396 valence electrons. The Bertz CT molecular complexity index is 2780. The van der Waals surface area contributed by atoms with Crippen LogP contribution in [0.1, 0.15) is 108 Å². The first-order valence-electron chi connectivity index (χ1n) is 23.4. The first-order chi connectivity index (χ1) is 34.4. The number of cyclic esters (lactones) is 2. The van der Waals surface area contributed by atoms with Crippen LogP contribution in [0.5, 0.6) is 34.5 Å². The molecule has 2 aliphatic rings. The van der Waals surface area contributed by atoms with Gasteiger partial charge in [0.25, 0.3) is 0 Å². The highest BCUT2D eigenvalue weighted by molar-refractivity contribution is 7.57. The number of methoxy groups -OCH3 is 2. The van der Waals surface area contributed by atoms with Gasteiger partial charge in [-0.05, 0) is 116 Å². The minimum atomic E-state index is -3.73. The van der Waals surface area contributed by atoms with Gasteiger partial charge in [0.15, 0.2) is 0 Å². The Hall–Kier alpha value is -6.26. The number of esters is 2. The number of ether oxygens (including phenoxy) is 5. The van der Waals surface area contributed by atoms with E-state index in [1.165, 1.54) is 28.1 Å². The van der Waals surface area contributed by atoms with E-state index in [0.717, 1.165) is 22.3 Å². The van der Waals surface area contributed by atoms with Crippen LogP contribution in [-0.4, -0.2) is 84.0 Å². The van der Waals surface area contributed by atoms with Crippen LogP contribution < -0.4 is 29.3 Å². The second-order valence-corrected chi connectivity index (χ2v) is 21.6. The molecular formula is C53H68N2O16P2. The molecule has 0 amide bonds. The van der Waals surface area contributed by atoms with Gasteiger partial charge in [-0.25, -0.2) is 19.2 Å². The van der Waals surface area contributed by atoms with E-state index in [4.69, 9.17) is 38.5 Å². The fourth-order valence-electron chi connectivity index (χ4n) is 7.47. The van der Waals surface area contributed by atoms with Crippen molar-refractivity contribution in [2.24, 2.45) is 5.73 Å². The van der Waals surface area contributed by atoms with Crippen LogP contribution in [0.4, 0.5) is 0 Å². The summed E-state index contributed by atoms with van der Waals surface area (Å²) in [4.78, 5) is 55.9. The topological polar surface area (TPSA) is 266 Å². The molecule has 4 aromatic carbocycles. The van der Waals surface area contributed by atoms with E-state index in [9.17, 15) is 43.4 Å². The summed E-state index contributed by atoms with van der Waals surface area (Å²) in [5, 5.41) is 24.2. The van der Waals surface area contributed by atoms with Gasteiger partial charge in [-0.15, -0.1) is 0 Å². The minimum Gasteiger partial charge on any atom is -0.507 e. The third-order valence-electron chi connectivity index (χ3n) is 11.8. The molecule has 20 heteroatoms. The van der Waals surface area contributed by atoms with E-state index in [0.29, 0.717) is 64.5 Å². The fraction of sp³-hybridized carbons (Fsp3) is 0.396. The maximum Gasteiger partial charge on any atom is 0.376 e. The summed E-state index contributed by atoms with van der Waals surface area (Å²) < 4.78 is 63.5. The molecule has 73 heavy (non-hydrogen) atoms. The van der Waals surface area contributed by atoms with Gasteiger partial charge in [-0.3, -0.25) is 14.2 Å². The molecule has 0 radical (unpaired) electrons. The molecule has 0 fully saturated rings. The number of carbonyl (C=O) groups excluding carboxylic acids is 4. The van der Waals surface area contributed by atoms with E-state index in [-0.39, 0.29) is 79.0 Å². The van der Waals surface area contributed by atoms with Gasteiger partial charge in [-0.1, -0.05) is 59.7 Å². The SMILES string of the molecule is CC(=O)[C@H](C)N.COc1c(C)c2c(c(O)c1C/C=C(\C)CCCP(=O)(O)Oc1ccccc1)C(=O)OC2.COc1c(C)c2c(c(O)c1C/C=C(\C)COCP(=O)(N[C@@H](C)C(C)=O)Oc1ccccc1)C(=O)OC2. The monoisotopic (exact) mass is 1050 g/mol. The van der Waals surface area contributed by atoms with Crippen molar-refractivity contribution in [3.8, 4) is 34.5 Å². The predicted molar refractivity (Wildman–Crippen MR) is 276 cm³/mol. The van der Waals surface area contributed by atoms with E-state index in [2.05, 4.69) is 5.09 Å². The molecule has 4 atom stereocenters. The van der Waals surface area contributed by atoms with Crippen LogP contribution in [0.2, 0.25) is 0 Å². The number of fused-ring (bicyclic) bond motifs is 2. The van der Waals surface area contributed by atoms with Crippen LogP contribution in [0.25, 0.3) is 0 Å². The van der Waals surface area contributed by atoms with Crippen molar-refractivity contribution in [3.05, 3.63) is 128 Å². The second-order valence-electron chi connectivity index (χ2n) is 17.6. The highest BCUT2D eigenvalue weighted by atomic mass is 31.2. The van der Waals surface area contributed by atoms with E-state index in [1.54, 1.807) is 62.4 Å². The van der Waals surface area contributed by atoms with Crippen molar-refractivity contribution in [1.82, 2.24) is 5.09 Å². The third-order valence-corrected chi connectivity index (χ3v) is 15.0. The van der Waals surface area contributed by atoms with Gasteiger partial charge < -0.3 is 53.6 Å². The summed E-state index contributed by atoms with van der Waals surface area (Å²) in [5.41, 5.74) is 11.1. The molecule has 0 saturated heterocycles. The lowest BCUT2D eigenvalue weighted by molar-refractivity contribution is -0.118. The van der Waals surface area contributed by atoms with Crippen LogP contribution >= 0.6 is 15.1 Å². The summed E-state index contributed by atoms with van der Waals surface area (Å²) >= 11 is 0. The number of phenolic OH excluding ortho intramolecular Hbond substituents is 2. The molecule has 0 aliphatic carbocycles. The van der Waals surface area contributed by atoms with Gasteiger partial charge in [0.05, 0.1) is 39.1 Å². The fourth-order valence-corrected chi connectivity index (χ4v) is 10.3. The lowest BCUT2D eigenvalue weighted by Crippen LogP contribution is -2.32. The maximum atomic E-state index is 13.4. The van der Waals surface area contributed by atoms with Crippen LogP contribution in [0.3, 0.4) is 0 Å². The van der Waals surface area contributed by atoms with Crippen molar-refractivity contribution in [2.45, 2.75) is 106 Å². The molecule has 0 bridgehead atoms. The van der Waals surface area contributed by atoms with E-state index in [1.807, 2.05) is 52.0 Å². The summed E-state index contributed by atoms with van der Waals surface area (Å²) in [6.45, 7) is 13.9. The number of allylic oxidation sites excluding steroid dienone is 3. The third kappa shape index (κ3) is 16.6. The first kappa shape index (κ1) is 59.3. The Morgan fingerprint density at radius 2 is 1.18 bits per heavy atom. The zero-order valence-electron chi connectivity index (χ0n) is 43.1. The molecule has 4 aromatic rings. The van der Waals surface area contributed by atoms with Crippen molar-refractivity contribution < 1.29 is 76.1 Å². The Kier molecular flexibility index (Phi) is 22.1. The number of rotatable bonds is 22. The largest absolute Gasteiger partial charge is 0.507 e. The van der Waals surface area contributed by atoms with E-state index < -0.39 is 33.1 Å². The number of ketones is 2. The molecule has 6 rings (SSSR count). The van der Waals surface area contributed by atoms with Crippen molar-refractivity contribution in [2.75, 3.05) is 33.3 Å². The Morgan fingerprint density at radius 3 is 1.60 bits per heavy atom. The van der Waals surface area contributed by atoms with Crippen LogP contribution in [0, 0.1) is 13.8 Å². The quantitative estimate of drug-likeness (QED) is 0.0278. The average Bonchev–Trinajstić information content (AvgIpc) is 3.93. The smallest absolute Gasteiger partial charge is 0.376 e. The standard InChI is InChI=1S/C26H32NO8P.C23H27O7P.C4H9NO/c1-16(11-12-21-24(29)23-22(14-34-26(23)30)17(2)25(21)32-5)13-33-15-36(31,27-18(3)19(4)28)35-20-9-7-6-8-10-20;1-15(8-7-13-31(26,27)30-17-9-5-4-6-10-17)11-12-18-21(24)20-19(14-29-23(20)25)16(2)22(18)28-3;1-3(5)4(2)6/h6-11,18,29H,12-15H2,1-5H3,(H,27,31);4-6,9-11,24H,7-8,12-14H2,1-3H3,(H,26,27);3H,5H2,1-2H3/b16-11+;15-11+;/t18-,36?;;3-/m0.0/s1. The molecule has 18 nitrogen and oxygen atoms in total. The molecular weight excluding hydrogens is 983 g/mol. The maximum absolute atomic E-state index is 13.4. The van der Waals surface area contributed by atoms with Gasteiger partial charge in [-0.2, -0.15) is 0 Å². The van der Waals surface area contributed by atoms with Crippen molar-refractivity contribution >= 4 is 38.6 Å². The Morgan fingerprint density at radius 1 is 0.740 bits per heavy atom. The number of hydrogen-bond acceptors (Lipinski definition) is 16. The van der Waals surface area contributed by atoms with Gasteiger partial charge in [0.1, 0.15) is 76.8 Å². The Labute approximate surface area is 426 Å². The summed E-state index contributed by atoms with van der Waals surface area (Å²) in [7, 11) is -4.26. The van der Waals surface area contributed by atoms with Gasteiger partial charge in [0.2, 0.25) is 0 Å². The number of benzene rings is 4. The molecule has 2 heterocycles. The van der Waals surface area contributed by atoms with Gasteiger partial charge in [0, 0.05) is 22.3 Å². The second kappa shape index (κ2) is 27.2. The van der Waals surface area contributed by atoms with Crippen molar-refractivity contribution in [3.63, 3.8) is 0 Å². The molecule has 2 unspecified atom stereocenters. The minimum absolute atomic E-state index is 0.0332. The highest BCUT2D eigenvalue weighted by Gasteiger charge is 2.34. The lowest BCUT2D eigenvalue weighted by atomic mass is 9.94. The molecule has 0 aromatic heterocycles.